The third-order valence-electron chi connectivity index (χ3n) is 5.14. The van der Waals surface area contributed by atoms with Crippen LogP contribution in [0.1, 0.15) is 25.3 Å². The number of sulfonamides is 1. The summed E-state index contributed by atoms with van der Waals surface area (Å²) in [5.74, 6) is -0.0914. The Kier molecular flexibility index (Phi) is 8.24. The van der Waals surface area contributed by atoms with E-state index >= 15 is 0 Å². The molecule has 3 rings (SSSR count). The van der Waals surface area contributed by atoms with Crippen LogP contribution in [-0.2, 0) is 21.4 Å². The van der Waals surface area contributed by atoms with Crippen LogP contribution in [0.5, 0.6) is 5.75 Å². The monoisotopic (exact) mass is 458 g/mol. The Bertz CT molecular complexity index is 1030. The number of hydrogen-bond acceptors (Lipinski definition) is 6. The second kappa shape index (κ2) is 11.1. The maximum atomic E-state index is 12.5. The summed E-state index contributed by atoms with van der Waals surface area (Å²) in [7, 11) is -3.70. The number of anilines is 1. The second-order valence-corrected chi connectivity index (χ2v) is 9.55. The number of hydrazone groups is 1. The average molecular weight is 459 g/mol. The third kappa shape index (κ3) is 6.80. The van der Waals surface area contributed by atoms with Crippen molar-refractivity contribution in [2.24, 2.45) is 5.10 Å². The standard InChI is InChI=1S/C23H30N4O4S/c1-3-31-22-12-8-7-11-21(22)27(32(2,29)30)18-23(28)25-24-20-13-15-26(16-14-20)17-19-9-5-4-6-10-19/h4-12H,3,13-18H2,1-2H3,(H,25,28). The van der Waals surface area contributed by atoms with Crippen molar-refractivity contribution in [1.29, 1.82) is 0 Å². The van der Waals surface area contributed by atoms with Gasteiger partial charge in [0.15, 0.2) is 0 Å². The molecule has 0 unspecified atom stereocenters. The van der Waals surface area contributed by atoms with Gasteiger partial charge in [-0.1, -0.05) is 42.5 Å². The molecule has 1 amide bonds. The van der Waals surface area contributed by atoms with E-state index in [0.717, 1.165) is 48.7 Å². The molecule has 0 atom stereocenters. The minimum atomic E-state index is -3.70. The zero-order valence-corrected chi connectivity index (χ0v) is 19.3. The number of piperidine rings is 1. The first kappa shape index (κ1) is 23.7. The van der Waals surface area contributed by atoms with Gasteiger partial charge in [-0.3, -0.25) is 14.0 Å². The number of ether oxygens (including phenoxy) is 1. The Morgan fingerprint density at radius 3 is 2.41 bits per heavy atom. The van der Waals surface area contributed by atoms with E-state index in [2.05, 4.69) is 27.6 Å². The molecule has 1 fully saturated rings. The average Bonchev–Trinajstić information content (AvgIpc) is 2.78. The lowest BCUT2D eigenvalue weighted by atomic mass is 10.1. The normalized spacial score (nSPS) is 14.6. The predicted molar refractivity (Wildman–Crippen MR) is 126 cm³/mol. The molecule has 1 aliphatic heterocycles. The first-order valence-corrected chi connectivity index (χ1v) is 12.5. The van der Waals surface area contributed by atoms with Crippen LogP contribution in [0.4, 0.5) is 5.69 Å². The highest BCUT2D eigenvalue weighted by Crippen LogP contribution is 2.29. The van der Waals surface area contributed by atoms with Crippen LogP contribution in [0.3, 0.4) is 0 Å². The third-order valence-corrected chi connectivity index (χ3v) is 6.27. The zero-order chi connectivity index (χ0) is 23.0. The number of rotatable bonds is 9. The summed E-state index contributed by atoms with van der Waals surface area (Å²) in [5, 5.41) is 4.25. The largest absolute Gasteiger partial charge is 0.492 e. The van der Waals surface area contributed by atoms with Crippen LogP contribution in [0, 0.1) is 0 Å². The predicted octanol–water partition coefficient (Wildman–Crippen LogP) is 2.62. The van der Waals surface area contributed by atoms with Crippen molar-refractivity contribution in [3.05, 3.63) is 60.2 Å². The van der Waals surface area contributed by atoms with Crippen molar-refractivity contribution in [2.75, 3.05) is 36.8 Å². The SMILES string of the molecule is CCOc1ccccc1N(CC(=O)NN=C1CCN(Cc2ccccc2)CC1)S(C)(=O)=O. The zero-order valence-electron chi connectivity index (χ0n) is 18.5. The van der Waals surface area contributed by atoms with Crippen LogP contribution in [0.2, 0.25) is 0 Å². The number of amides is 1. The molecule has 172 valence electrons. The highest BCUT2D eigenvalue weighted by molar-refractivity contribution is 7.92. The number of nitrogens with one attached hydrogen (secondary N) is 1. The summed E-state index contributed by atoms with van der Waals surface area (Å²) in [6.45, 7) is 4.44. The quantitative estimate of drug-likeness (QED) is 0.584. The number of likely N-dealkylation sites (tertiary alicyclic amines) is 1. The number of benzene rings is 2. The van der Waals surface area contributed by atoms with E-state index < -0.39 is 15.9 Å². The van der Waals surface area contributed by atoms with Gasteiger partial charge in [0.2, 0.25) is 10.0 Å². The number of hydrogen-bond donors (Lipinski definition) is 1. The van der Waals surface area contributed by atoms with Crippen molar-refractivity contribution in [1.82, 2.24) is 10.3 Å². The van der Waals surface area contributed by atoms with Crippen LogP contribution >= 0.6 is 0 Å². The summed E-state index contributed by atoms with van der Waals surface area (Å²) < 4.78 is 31.3. The second-order valence-electron chi connectivity index (χ2n) is 7.65. The van der Waals surface area contributed by atoms with E-state index in [1.54, 1.807) is 24.3 Å². The minimum Gasteiger partial charge on any atom is -0.492 e. The molecule has 0 radical (unpaired) electrons. The van der Waals surface area contributed by atoms with Gasteiger partial charge in [0.25, 0.3) is 5.91 Å². The summed E-state index contributed by atoms with van der Waals surface area (Å²) in [6, 6.07) is 17.1. The fraction of sp³-hybridized carbons (Fsp3) is 0.391. The summed E-state index contributed by atoms with van der Waals surface area (Å²) in [4.78, 5) is 14.9. The molecule has 2 aromatic carbocycles. The lowest BCUT2D eigenvalue weighted by molar-refractivity contribution is -0.119. The lowest BCUT2D eigenvalue weighted by Gasteiger charge is -2.27. The topological polar surface area (TPSA) is 91.3 Å². The Labute approximate surface area is 189 Å². The Balaban J connectivity index is 1.57. The van der Waals surface area contributed by atoms with Gasteiger partial charge in [-0.05, 0) is 24.6 Å². The first-order valence-electron chi connectivity index (χ1n) is 10.7. The van der Waals surface area contributed by atoms with Gasteiger partial charge in [-0.2, -0.15) is 5.10 Å². The molecule has 32 heavy (non-hydrogen) atoms. The Hall–Kier alpha value is -2.91. The van der Waals surface area contributed by atoms with E-state index in [0.29, 0.717) is 18.0 Å². The summed E-state index contributed by atoms with van der Waals surface area (Å²) in [6.07, 6.45) is 2.59. The lowest BCUT2D eigenvalue weighted by Crippen LogP contribution is -2.40. The Morgan fingerprint density at radius 2 is 1.75 bits per heavy atom. The molecule has 0 aliphatic carbocycles. The van der Waals surface area contributed by atoms with Gasteiger partial charge in [0, 0.05) is 38.2 Å². The van der Waals surface area contributed by atoms with Crippen molar-refractivity contribution >= 4 is 27.3 Å². The molecule has 0 bridgehead atoms. The highest BCUT2D eigenvalue weighted by atomic mass is 32.2. The van der Waals surface area contributed by atoms with Gasteiger partial charge in [-0.15, -0.1) is 0 Å². The molecule has 0 saturated carbocycles. The fourth-order valence-electron chi connectivity index (χ4n) is 3.55. The van der Waals surface area contributed by atoms with Crippen molar-refractivity contribution in [3.8, 4) is 5.75 Å². The van der Waals surface area contributed by atoms with Crippen LogP contribution in [-0.4, -0.2) is 57.4 Å². The van der Waals surface area contributed by atoms with Crippen molar-refractivity contribution < 1.29 is 17.9 Å². The number of nitrogens with zero attached hydrogens (tertiary/aromatic N) is 3. The molecule has 8 nitrogen and oxygen atoms in total. The molecule has 1 heterocycles. The van der Waals surface area contributed by atoms with Gasteiger partial charge in [0.1, 0.15) is 12.3 Å². The molecule has 1 saturated heterocycles. The smallest absolute Gasteiger partial charge is 0.260 e. The van der Waals surface area contributed by atoms with Crippen molar-refractivity contribution in [2.45, 2.75) is 26.3 Å². The molecular formula is C23H30N4O4S. The van der Waals surface area contributed by atoms with Gasteiger partial charge >= 0.3 is 0 Å². The molecular weight excluding hydrogens is 428 g/mol. The molecule has 1 N–H and O–H groups in total. The van der Waals surface area contributed by atoms with Crippen LogP contribution in [0.25, 0.3) is 0 Å². The van der Waals surface area contributed by atoms with Gasteiger partial charge in [-0.25, -0.2) is 13.8 Å². The van der Waals surface area contributed by atoms with E-state index in [9.17, 15) is 13.2 Å². The molecule has 0 spiro atoms. The van der Waals surface area contributed by atoms with E-state index in [1.165, 1.54) is 5.56 Å². The molecule has 1 aliphatic rings. The maximum absolute atomic E-state index is 12.5. The first-order chi connectivity index (χ1) is 15.4. The van der Waals surface area contributed by atoms with Gasteiger partial charge < -0.3 is 4.74 Å². The molecule has 2 aromatic rings. The van der Waals surface area contributed by atoms with Gasteiger partial charge in [0.05, 0.1) is 18.6 Å². The minimum absolute atomic E-state index is 0.328. The summed E-state index contributed by atoms with van der Waals surface area (Å²) in [5.41, 5.74) is 5.03. The van der Waals surface area contributed by atoms with Crippen molar-refractivity contribution in [3.63, 3.8) is 0 Å². The van der Waals surface area contributed by atoms with E-state index in [-0.39, 0.29) is 6.54 Å². The molecule has 9 heteroatoms. The number of carbonyl (C=O) groups excluding carboxylic acids is 1. The van der Waals surface area contributed by atoms with E-state index in [4.69, 9.17) is 4.74 Å². The summed E-state index contributed by atoms with van der Waals surface area (Å²) >= 11 is 0. The number of carbonyl (C=O) groups is 1. The van der Waals surface area contributed by atoms with Crippen LogP contribution in [0.15, 0.2) is 59.7 Å². The molecule has 0 aromatic heterocycles. The maximum Gasteiger partial charge on any atom is 0.260 e. The highest BCUT2D eigenvalue weighted by Gasteiger charge is 2.24. The van der Waals surface area contributed by atoms with E-state index in [1.807, 2.05) is 25.1 Å². The fourth-order valence-corrected chi connectivity index (χ4v) is 4.41. The van der Waals surface area contributed by atoms with Crippen LogP contribution < -0.4 is 14.5 Å². The Morgan fingerprint density at radius 1 is 1.09 bits per heavy atom. The number of para-hydroxylation sites is 2.